The van der Waals surface area contributed by atoms with Crippen LogP contribution >= 0.6 is 11.5 Å². The van der Waals surface area contributed by atoms with Gasteiger partial charge in [-0.1, -0.05) is 0 Å². The van der Waals surface area contributed by atoms with Gasteiger partial charge in [-0.2, -0.15) is 4.37 Å². The second-order valence-electron chi connectivity index (χ2n) is 5.05. The smallest absolute Gasteiger partial charge is 0.147 e. The van der Waals surface area contributed by atoms with Crippen LogP contribution in [-0.4, -0.2) is 41.8 Å². The third-order valence-corrected chi connectivity index (χ3v) is 4.58. The Morgan fingerprint density at radius 2 is 2.29 bits per heavy atom. The number of pyridine rings is 1. The van der Waals surface area contributed by atoms with Gasteiger partial charge in [-0.3, -0.25) is 4.98 Å². The van der Waals surface area contributed by atoms with Gasteiger partial charge in [0.1, 0.15) is 16.4 Å². The number of ether oxygens (including phenoxy) is 2. The Kier molecular flexibility index (Phi) is 4.05. The van der Waals surface area contributed by atoms with Crippen LogP contribution in [0, 0.1) is 0 Å². The molecule has 112 valence electrons. The number of nitrogens with zero attached hydrogens (tertiary/aromatic N) is 2. The molecule has 6 nitrogen and oxygen atoms in total. The van der Waals surface area contributed by atoms with Gasteiger partial charge in [0.25, 0.3) is 0 Å². The second kappa shape index (κ2) is 5.97. The van der Waals surface area contributed by atoms with Gasteiger partial charge in [-0.05, 0) is 29.2 Å². The zero-order valence-electron chi connectivity index (χ0n) is 11.8. The van der Waals surface area contributed by atoms with Crippen LogP contribution in [-0.2, 0) is 9.47 Å². The van der Waals surface area contributed by atoms with Gasteiger partial charge >= 0.3 is 0 Å². The Morgan fingerprint density at radius 3 is 2.95 bits per heavy atom. The molecule has 0 aliphatic carbocycles. The van der Waals surface area contributed by atoms with Crippen molar-refractivity contribution in [3.63, 3.8) is 0 Å². The standard InChI is InChI=1S/C14H18N4O2S/c1-19-14(4-7-20-9-14)8-17-13-11(12(15)18-21-13)10-2-5-16-6-3-10/h2-3,5-6,17H,4,7-9H2,1H3,(H2,15,18). The fraction of sp³-hybridized carbons (Fsp3) is 0.429. The maximum Gasteiger partial charge on any atom is 0.147 e. The number of aromatic nitrogens is 2. The van der Waals surface area contributed by atoms with E-state index in [2.05, 4.69) is 14.7 Å². The third-order valence-electron chi connectivity index (χ3n) is 3.76. The minimum absolute atomic E-state index is 0.270. The number of hydrogen-bond donors (Lipinski definition) is 2. The van der Waals surface area contributed by atoms with Crippen molar-refractivity contribution in [2.24, 2.45) is 0 Å². The van der Waals surface area contributed by atoms with Gasteiger partial charge in [-0.15, -0.1) is 0 Å². The molecule has 0 spiro atoms. The van der Waals surface area contributed by atoms with Crippen LogP contribution in [0.2, 0.25) is 0 Å². The molecule has 1 unspecified atom stereocenters. The summed E-state index contributed by atoms with van der Waals surface area (Å²) < 4.78 is 15.3. The average molecular weight is 306 g/mol. The molecule has 3 rings (SSSR count). The maximum absolute atomic E-state index is 6.01. The summed E-state index contributed by atoms with van der Waals surface area (Å²) in [6, 6.07) is 3.85. The van der Waals surface area contributed by atoms with E-state index >= 15 is 0 Å². The SMILES string of the molecule is COC1(CNc2snc(N)c2-c2ccncc2)CCOC1. The first-order valence-electron chi connectivity index (χ1n) is 6.76. The van der Waals surface area contributed by atoms with Gasteiger partial charge in [0.2, 0.25) is 0 Å². The van der Waals surface area contributed by atoms with Crippen molar-refractivity contribution >= 4 is 22.4 Å². The first-order chi connectivity index (χ1) is 10.2. The number of anilines is 2. The highest BCUT2D eigenvalue weighted by molar-refractivity contribution is 7.11. The summed E-state index contributed by atoms with van der Waals surface area (Å²) in [5, 5.41) is 4.36. The highest BCUT2D eigenvalue weighted by atomic mass is 32.1. The van der Waals surface area contributed by atoms with Crippen LogP contribution in [0.15, 0.2) is 24.5 Å². The second-order valence-corrected chi connectivity index (χ2v) is 5.82. The Labute approximate surface area is 127 Å². The lowest BCUT2D eigenvalue weighted by atomic mass is 10.0. The molecule has 21 heavy (non-hydrogen) atoms. The number of nitrogens with two attached hydrogens (primary N) is 1. The highest BCUT2D eigenvalue weighted by Crippen LogP contribution is 2.37. The van der Waals surface area contributed by atoms with Crippen molar-refractivity contribution in [1.29, 1.82) is 0 Å². The van der Waals surface area contributed by atoms with E-state index in [0.717, 1.165) is 29.2 Å². The van der Waals surface area contributed by atoms with Crippen LogP contribution in [0.1, 0.15) is 6.42 Å². The quantitative estimate of drug-likeness (QED) is 0.879. The highest BCUT2D eigenvalue weighted by Gasteiger charge is 2.35. The fourth-order valence-electron chi connectivity index (χ4n) is 2.42. The summed E-state index contributed by atoms with van der Waals surface area (Å²) in [4.78, 5) is 4.03. The maximum atomic E-state index is 6.01. The predicted octanol–water partition coefficient (Wildman–Crippen LogP) is 2.00. The lowest BCUT2D eigenvalue weighted by Crippen LogP contribution is -2.39. The van der Waals surface area contributed by atoms with Crippen LogP contribution in [0.25, 0.3) is 11.1 Å². The summed E-state index contributed by atoms with van der Waals surface area (Å²) in [5.74, 6) is 0.530. The van der Waals surface area contributed by atoms with Crippen molar-refractivity contribution in [1.82, 2.24) is 9.36 Å². The minimum Gasteiger partial charge on any atom is -0.382 e. The Morgan fingerprint density at radius 1 is 1.48 bits per heavy atom. The van der Waals surface area contributed by atoms with Crippen molar-refractivity contribution in [2.75, 3.05) is 37.9 Å². The van der Waals surface area contributed by atoms with Gasteiger partial charge in [0.15, 0.2) is 0 Å². The van der Waals surface area contributed by atoms with E-state index in [-0.39, 0.29) is 5.60 Å². The fourth-order valence-corrected chi connectivity index (χ4v) is 3.15. The number of nitrogen functional groups attached to an aromatic ring is 1. The molecule has 0 saturated carbocycles. The Hall–Kier alpha value is -1.70. The molecule has 1 fully saturated rings. The van der Waals surface area contributed by atoms with Gasteiger partial charge < -0.3 is 20.5 Å². The van der Waals surface area contributed by atoms with Crippen LogP contribution < -0.4 is 11.1 Å². The van der Waals surface area contributed by atoms with E-state index in [9.17, 15) is 0 Å². The first-order valence-corrected chi connectivity index (χ1v) is 7.54. The van der Waals surface area contributed by atoms with E-state index in [0.29, 0.717) is 19.0 Å². The van der Waals surface area contributed by atoms with Crippen LogP contribution in [0.3, 0.4) is 0 Å². The monoisotopic (exact) mass is 306 g/mol. The molecule has 3 N–H and O–H groups in total. The van der Waals surface area contributed by atoms with Crippen LogP contribution in [0.4, 0.5) is 10.8 Å². The lowest BCUT2D eigenvalue weighted by Gasteiger charge is -2.26. The number of hydrogen-bond acceptors (Lipinski definition) is 7. The molecule has 1 atom stereocenters. The summed E-state index contributed by atoms with van der Waals surface area (Å²) in [5.41, 5.74) is 7.67. The summed E-state index contributed by atoms with van der Waals surface area (Å²) in [6.45, 7) is 2.01. The zero-order chi connectivity index (χ0) is 14.7. The Balaban J connectivity index is 1.81. The number of rotatable bonds is 5. The predicted molar refractivity (Wildman–Crippen MR) is 83.4 cm³/mol. The lowest BCUT2D eigenvalue weighted by molar-refractivity contribution is -0.00614. The third kappa shape index (κ3) is 2.85. The van der Waals surface area contributed by atoms with E-state index in [1.807, 2.05) is 12.1 Å². The van der Waals surface area contributed by atoms with Crippen molar-refractivity contribution in [2.45, 2.75) is 12.0 Å². The van der Waals surface area contributed by atoms with Crippen molar-refractivity contribution < 1.29 is 9.47 Å². The average Bonchev–Trinajstić information content (AvgIpc) is 3.13. The molecule has 0 aromatic carbocycles. The molecule has 1 aliphatic heterocycles. The number of nitrogens with one attached hydrogen (secondary N) is 1. The summed E-state index contributed by atoms with van der Waals surface area (Å²) in [6.07, 6.45) is 4.38. The summed E-state index contributed by atoms with van der Waals surface area (Å²) >= 11 is 1.36. The van der Waals surface area contributed by atoms with Crippen molar-refractivity contribution in [3.8, 4) is 11.1 Å². The molecular formula is C14H18N4O2S. The van der Waals surface area contributed by atoms with Gasteiger partial charge in [0.05, 0.1) is 12.2 Å². The minimum atomic E-state index is -0.270. The summed E-state index contributed by atoms with van der Waals surface area (Å²) in [7, 11) is 1.72. The van der Waals surface area contributed by atoms with E-state index < -0.39 is 0 Å². The molecule has 1 aliphatic rings. The topological polar surface area (TPSA) is 82.3 Å². The van der Waals surface area contributed by atoms with Crippen LogP contribution in [0.5, 0.6) is 0 Å². The molecule has 0 amide bonds. The van der Waals surface area contributed by atoms with Crippen molar-refractivity contribution in [3.05, 3.63) is 24.5 Å². The largest absolute Gasteiger partial charge is 0.382 e. The van der Waals surface area contributed by atoms with E-state index in [1.54, 1.807) is 19.5 Å². The number of methoxy groups -OCH3 is 1. The molecule has 0 radical (unpaired) electrons. The zero-order valence-corrected chi connectivity index (χ0v) is 12.7. The normalized spacial score (nSPS) is 21.6. The first kappa shape index (κ1) is 14.2. The molecule has 7 heteroatoms. The molecule has 1 saturated heterocycles. The van der Waals surface area contributed by atoms with Gasteiger partial charge in [-0.25, -0.2) is 0 Å². The Bertz CT molecular complexity index is 596. The molecule has 3 heterocycles. The van der Waals surface area contributed by atoms with E-state index in [4.69, 9.17) is 15.2 Å². The molecular weight excluding hydrogens is 288 g/mol. The molecule has 2 aromatic rings. The molecule has 2 aromatic heterocycles. The molecule has 0 bridgehead atoms. The van der Waals surface area contributed by atoms with E-state index in [1.165, 1.54) is 11.5 Å². The van der Waals surface area contributed by atoms with Gasteiger partial charge in [0, 0.05) is 39.1 Å².